The molecule has 43 heavy (non-hydrogen) atoms. The van der Waals surface area contributed by atoms with E-state index in [2.05, 4.69) is 10.6 Å². The van der Waals surface area contributed by atoms with Crippen LogP contribution in [0.3, 0.4) is 0 Å². The van der Waals surface area contributed by atoms with Gasteiger partial charge in [-0.3, -0.25) is 14.4 Å². The number of rotatable bonds is 10. The molecule has 0 spiro atoms. The van der Waals surface area contributed by atoms with Gasteiger partial charge in [-0.15, -0.1) is 0 Å². The number of phenols is 1. The Bertz CT molecular complexity index is 1510. The Balaban J connectivity index is 1.75. The number of fused-ring (bicyclic) bond motifs is 1. The van der Waals surface area contributed by atoms with Gasteiger partial charge in [0, 0.05) is 23.7 Å². The maximum absolute atomic E-state index is 14.4. The second-order valence-electron chi connectivity index (χ2n) is 12.0. The number of benzene rings is 3. The highest BCUT2D eigenvalue weighted by molar-refractivity contribution is 6.01. The van der Waals surface area contributed by atoms with Crippen LogP contribution in [-0.4, -0.2) is 51.5 Å². The zero-order valence-corrected chi connectivity index (χ0v) is 25.1. The van der Waals surface area contributed by atoms with E-state index in [1.54, 1.807) is 52.0 Å². The van der Waals surface area contributed by atoms with Crippen LogP contribution >= 0.6 is 0 Å². The van der Waals surface area contributed by atoms with Crippen LogP contribution in [0.4, 0.5) is 10.5 Å². The smallest absolute Gasteiger partial charge is 0.408 e. The number of para-hydroxylation sites is 1. The predicted octanol–water partition coefficient (Wildman–Crippen LogP) is 5.07. The second kappa shape index (κ2) is 13.1. The standard InChI is InChI=1S/C33H40N4O6/c1-20-9-7-14-25(29(20)39)28(30(40)35-23-16-15-21-10-5-6-11-22(21)19-23)37(24-12-8-13-24)31(41)26(17-18-27(34)38)36-32(42)43-33(2,3)4/h5-7,9-11,14-16,19,24,26,28,39H,8,12-13,17-18H2,1-4H3,(H2,34,38)(H,35,40)(H,36,42). The summed E-state index contributed by atoms with van der Waals surface area (Å²) in [7, 11) is 0. The van der Waals surface area contributed by atoms with E-state index in [9.17, 15) is 24.3 Å². The van der Waals surface area contributed by atoms with Gasteiger partial charge in [0.1, 0.15) is 23.4 Å². The summed E-state index contributed by atoms with van der Waals surface area (Å²) in [6.45, 7) is 6.80. The molecule has 1 aliphatic carbocycles. The maximum atomic E-state index is 14.4. The molecule has 1 aliphatic rings. The van der Waals surface area contributed by atoms with Gasteiger partial charge in [-0.05, 0) is 81.8 Å². The molecule has 4 amide bonds. The molecule has 0 aliphatic heterocycles. The van der Waals surface area contributed by atoms with Gasteiger partial charge in [0.05, 0.1) is 0 Å². The molecule has 0 radical (unpaired) electrons. The Hall–Kier alpha value is -4.60. The van der Waals surface area contributed by atoms with Gasteiger partial charge in [0.15, 0.2) is 0 Å². The van der Waals surface area contributed by atoms with Gasteiger partial charge in [-0.25, -0.2) is 4.79 Å². The average Bonchev–Trinajstić information content (AvgIpc) is 2.90. The van der Waals surface area contributed by atoms with Crippen LogP contribution in [-0.2, 0) is 19.1 Å². The minimum absolute atomic E-state index is 0.0879. The largest absolute Gasteiger partial charge is 0.507 e. The van der Waals surface area contributed by atoms with Gasteiger partial charge >= 0.3 is 6.09 Å². The fourth-order valence-electron chi connectivity index (χ4n) is 5.15. The molecular formula is C33H40N4O6. The molecule has 0 saturated heterocycles. The molecule has 0 heterocycles. The highest BCUT2D eigenvalue weighted by atomic mass is 16.6. The summed E-state index contributed by atoms with van der Waals surface area (Å²) >= 11 is 0. The molecule has 0 bridgehead atoms. The molecule has 0 aromatic heterocycles. The SMILES string of the molecule is Cc1cccc(C(C(=O)Nc2ccc3ccccc3c2)N(C(=O)C(CCC(N)=O)NC(=O)OC(C)(C)C)C2CCC2)c1O. The fourth-order valence-corrected chi connectivity index (χ4v) is 5.15. The number of anilines is 1. The van der Waals surface area contributed by atoms with Crippen LogP contribution in [0.1, 0.15) is 70.0 Å². The Morgan fingerprint density at radius 3 is 2.35 bits per heavy atom. The summed E-state index contributed by atoms with van der Waals surface area (Å²) in [4.78, 5) is 54.5. The second-order valence-corrected chi connectivity index (χ2v) is 12.0. The van der Waals surface area contributed by atoms with Gasteiger partial charge in [-0.2, -0.15) is 0 Å². The first kappa shape index (κ1) is 31.3. The molecule has 4 rings (SSSR count). The summed E-state index contributed by atoms with van der Waals surface area (Å²) in [5.74, 6) is -1.84. The number of hydrogen-bond donors (Lipinski definition) is 4. The average molecular weight is 589 g/mol. The van der Waals surface area contributed by atoms with Crippen molar-refractivity contribution in [3.8, 4) is 5.75 Å². The molecule has 228 valence electrons. The Labute approximate surface area is 251 Å². The monoisotopic (exact) mass is 588 g/mol. The molecule has 1 fully saturated rings. The Morgan fingerprint density at radius 1 is 1.02 bits per heavy atom. The number of hydrogen-bond acceptors (Lipinski definition) is 6. The number of nitrogens with zero attached hydrogens (tertiary/aromatic N) is 1. The minimum Gasteiger partial charge on any atom is -0.507 e. The highest BCUT2D eigenvalue weighted by Gasteiger charge is 2.43. The van der Waals surface area contributed by atoms with Crippen LogP contribution in [0.2, 0.25) is 0 Å². The first-order valence-electron chi connectivity index (χ1n) is 14.5. The summed E-state index contributed by atoms with van der Waals surface area (Å²) in [6, 6.07) is 15.5. The van der Waals surface area contributed by atoms with E-state index in [1.807, 2.05) is 36.4 Å². The topological polar surface area (TPSA) is 151 Å². The Morgan fingerprint density at radius 2 is 1.72 bits per heavy atom. The third kappa shape index (κ3) is 7.82. The number of ether oxygens (including phenoxy) is 1. The summed E-state index contributed by atoms with van der Waals surface area (Å²) in [5, 5.41) is 18.6. The van der Waals surface area contributed by atoms with E-state index in [1.165, 1.54) is 4.90 Å². The molecular weight excluding hydrogens is 548 g/mol. The third-order valence-corrected chi connectivity index (χ3v) is 7.50. The number of carbonyl (C=O) groups excluding carboxylic acids is 4. The highest BCUT2D eigenvalue weighted by Crippen LogP contribution is 2.38. The van der Waals surface area contributed by atoms with Gasteiger partial charge in [0.2, 0.25) is 11.8 Å². The minimum atomic E-state index is -1.24. The quantitative estimate of drug-likeness (QED) is 0.260. The lowest BCUT2D eigenvalue weighted by atomic mass is 9.87. The molecule has 10 nitrogen and oxygen atoms in total. The number of phenolic OH excluding ortho intramolecular Hbond substituents is 1. The number of alkyl carbamates (subject to hydrolysis) is 1. The van der Waals surface area contributed by atoms with Crippen molar-refractivity contribution in [1.82, 2.24) is 10.2 Å². The van der Waals surface area contributed by atoms with E-state index >= 15 is 0 Å². The molecule has 1 saturated carbocycles. The van der Waals surface area contributed by atoms with Crippen molar-refractivity contribution in [2.45, 2.75) is 83.5 Å². The summed E-state index contributed by atoms with van der Waals surface area (Å²) in [5.41, 5.74) is 5.90. The zero-order valence-electron chi connectivity index (χ0n) is 25.1. The first-order chi connectivity index (χ1) is 20.3. The number of carbonyl (C=O) groups is 4. The summed E-state index contributed by atoms with van der Waals surface area (Å²) in [6.07, 6.45) is 1.02. The van der Waals surface area contributed by atoms with E-state index in [0.29, 0.717) is 24.1 Å². The lowest BCUT2D eigenvalue weighted by molar-refractivity contribution is -0.146. The van der Waals surface area contributed by atoms with E-state index < -0.39 is 41.5 Å². The lowest BCUT2D eigenvalue weighted by Gasteiger charge is -2.43. The van der Waals surface area contributed by atoms with Gasteiger partial charge in [-0.1, -0.05) is 48.5 Å². The molecule has 3 aromatic rings. The van der Waals surface area contributed by atoms with Crippen LogP contribution < -0.4 is 16.4 Å². The van der Waals surface area contributed by atoms with Crippen molar-refractivity contribution < 1.29 is 29.0 Å². The van der Waals surface area contributed by atoms with Crippen LogP contribution in [0, 0.1) is 6.92 Å². The van der Waals surface area contributed by atoms with Crippen molar-refractivity contribution in [2.24, 2.45) is 5.73 Å². The predicted molar refractivity (Wildman–Crippen MR) is 164 cm³/mol. The number of nitrogens with one attached hydrogen (secondary N) is 2. The first-order valence-corrected chi connectivity index (χ1v) is 14.5. The van der Waals surface area contributed by atoms with Crippen molar-refractivity contribution in [3.63, 3.8) is 0 Å². The zero-order chi connectivity index (χ0) is 31.3. The molecule has 10 heteroatoms. The number of primary amides is 1. The molecule has 5 N–H and O–H groups in total. The van der Waals surface area contributed by atoms with E-state index in [-0.39, 0.29) is 30.2 Å². The van der Waals surface area contributed by atoms with Gasteiger partial charge < -0.3 is 31.1 Å². The molecule has 2 atom stereocenters. The maximum Gasteiger partial charge on any atom is 0.408 e. The summed E-state index contributed by atoms with van der Waals surface area (Å²) < 4.78 is 5.39. The molecule has 2 unspecified atom stereocenters. The van der Waals surface area contributed by atoms with Gasteiger partial charge in [0.25, 0.3) is 5.91 Å². The number of amides is 4. The van der Waals surface area contributed by atoms with Crippen molar-refractivity contribution in [1.29, 1.82) is 0 Å². The number of aryl methyl sites for hydroxylation is 1. The van der Waals surface area contributed by atoms with Crippen LogP contribution in [0.5, 0.6) is 5.75 Å². The van der Waals surface area contributed by atoms with Crippen molar-refractivity contribution in [3.05, 3.63) is 71.8 Å². The number of aromatic hydroxyl groups is 1. The van der Waals surface area contributed by atoms with E-state index in [4.69, 9.17) is 10.5 Å². The normalized spacial score (nSPS) is 14.7. The van der Waals surface area contributed by atoms with Crippen LogP contribution in [0.15, 0.2) is 60.7 Å². The fraction of sp³-hybridized carbons (Fsp3) is 0.394. The third-order valence-electron chi connectivity index (χ3n) is 7.50. The van der Waals surface area contributed by atoms with Crippen LogP contribution in [0.25, 0.3) is 10.8 Å². The molecule has 3 aromatic carbocycles. The Kier molecular flexibility index (Phi) is 9.58. The van der Waals surface area contributed by atoms with Crippen molar-refractivity contribution in [2.75, 3.05) is 5.32 Å². The number of nitrogens with two attached hydrogens (primary N) is 1. The van der Waals surface area contributed by atoms with Crippen molar-refractivity contribution >= 4 is 40.3 Å². The lowest BCUT2D eigenvalue weighted by Crippen LogP contribution is -2.57. The van der Waals surface area contributed by atoms with E-state index in [0.717, 1.165) is 17.2 Å².